The summed E-state index contributed by atoms with van der Waals surface area (Å²) in [5.74, 6) is 0.232. The van der Waals surface area contributed by atoms with Gasteiger partial charge in [0, 0.05) is 29.1 Å². The van der Waals surface area contributed by atoms with Crippen LogP contribution >= 0.6 is 11.6 Å². The third kappa shape index (κ3) is 5.39. The van der Waals surface area contributed by atoms with E-state index in [1.54, 1.807) is 25.1 Å². The van der Waals surface area contributed by atoms with E-state index in [9.17, 15) is 18.3 Å². The van der Waals surface area contributed by atoms with Crippen molar-refractivity contribution in [3.63, 3.8) is 0 Å². The fourth-order valence-corrected chi connectivity index (χ4v) is 8.64. The lowest BCUT2D eigenvalue weighted by Gasteiger charge is -2.45. The van der Waals surface area contributed by atoms with Crippen LogP contribution in [0, 0.1) is 17.8 Å². The zero-order valence-electron chi connectivity index (χ0n) is 23.7. The summed E-state index contributed by atoms with van der Waals surface area (Å²) in [6.07, 6.45) is 8.58. The molecule has 2 aromatic carbocycles. The summed E-state index contributed by atoms with van der Waals surface area (Å²) in [6.45, 7) is 5.39. The minimum Gasteiger partial charge on any atom is -0.490 e. The Morgan fingerprint density at radius 3 is 2.76 bits per heavy atom. The number of fused-ring (bicyclic) bond motifs is 4. The number of hydrogen-bond acceptors (Lipinski definition) is 6. The second-order valence-corrected chi connectivity index (χ2v) is 15.1. The van der Waals surface area contributed by atoms with Crippen molar-refractivity contribution >= 4 is 33.2 Å². The Bertz CT molecular complexity index is 1480. The summed E-state index contributed by atoms with van der Waals surface area (Å²) in [6, 6.07) is 11.4. The van der Waals surface area contributed by atoms with Gasteiger partial charge in [-0.1, -0.05) is 36.7 Å². The Morgan fingerprint density at radius 1 is 1.15 bits per heavy atom. The van der Waals surface area contributed by atoms with Crippen molar-refractivity contribution in [1.82, 2.24) is 4.72 Å². The van der Waals surface area contributed by atoms with E-state index in [1.165, 1.54) is 11.1 Å². The molecule has 0 saturated heterocycles. The van der Waals surface area contributed by atoms with Crippen LogP contribution in [-0.4, -0.2) is 50.5 Å². The number of aliphatic hydroxyl groups is 1. The number of allylic oxidation sites excluding steroid dienone is 1. The average molecular weight is 599 g/mol. The molecule has 4 aliphatic rings. The lowest BCUT2D eigenvalue weighted by Crippen LogP contribution is -2.49. The first-order chi connectivity index (χ1) is 19.6. The maximum atomic E-state index is 13.3. The van der Waals surface area contributed by atoms with Crippen molar-refractivity contribution in [3.05, 3.63) is 70.3 Å². The van der Waals surface area contributed by atoms with Crippen molar-refractivity contribution in [2.45, 2.75) is 69.1 Å². The second-order valence-electron chi connectivity index (χ2n) is 12.6. The highest BCUT2D eigenvalue weighted by Crippen LogP contribution is 2.46. The Labute approximate surface area is 248 Å². The first kappa shape index (κ1) is 28.6. The predicted molar refractivity (Wildman–Crippen MR) is 161 cm³/mol. The van der Waals surface area contributed by atoms with Crippen LogP contribution in [0.3, 0.4) is 0 Å². The number of carbonyl (C=O) groups excluding carboxylic acids is 1. The number of amides is 1. The van der Waals surface area contributed by atoms with Crippen molar-refractivity contribution in [2.75, 3.05) is 24.6 Å². The summed E-state index contributed by atoms with van der Waals surface area (Å²) in [7, 11) is -3.91. The molecule has 41 heavy (non-hydrogen) atoms. The van der Waals surface area contributed by atoms with Gasteiger partial charge in [-0.05, 0) is 105 Å². The monoisotopic (exact) mass is 598 g/mol. The first-order valence-electron chi connectivity index (χ1n) is 14.8. The molecular weight excluding hydrogens is 560 g/mol. The minimum absolute atomic E-state index is 0.128. The van der Waals surface area contributed by atoms with Crippen LogP contribution in [0.4, 0.5) is 5.69 Å². The molecule has 6 rings (SSSR count). The number of nitrogens with one attached hydrogen (secondary N) is 1. The maximum absolute atomic E-state index is 13.3. The Balaban J connectivity index is 1.42. The topological polar surface area (TPSA) is 95.9 Å². The van der Waals surface area contributed by atoms with Crippen molar-refractivity contribution in [2.24, 2.45) is 17.8 Å². The third-order valence-corrected chi connectivity index (χ3v) is 12.2. The van der Waals surface area contributed by atoms with Crippen molar-refractivity contribution in [1.29, 1.82) is 0 Å². The van der Waals surface area contributed by atoms with Crippen molar-refractivity contribution in [3.8, 4) is 5.75 Å². The number of ether oxygens (including phenoxy) is 1. The molecule has 2 aliphatic heterocycles. The number of aliphatic hydroxyl groups excluding tert-OH is 1. The fourth-order valence-electron chi connectivity index (χ4n) is 7.16. The predicted octanol–water partition coefficient (Wildman–Crippen LogP) is 5.24. The Morgan fingerprint density at radius 2 is 1.98 bits per heavy atom. The first-order valence-corrected chi connectivity index (χ1v) is 16.7. The summed E-state index contributed by atoms with van der Waals surface area (Å²) < 4.78 is 35.1. The lowest BCUT2D eigenvalue weighted by atomic mass is 9.68. The number of rotatable bonds is 0. The molecule has 2 bridgehead atoms. The number of aryl methyl sites for hydroxylation is 1. The second kappa shape index (κ2) is 10.9. The average Bonchev–Trinajstić information content (AvgIpc) is 3.06. The van der Waals surface area contributed by atoms with E-state index < -0.39 is 27.3 Å². The van der Waals surface area contributed by atoms with E-state index in [0.717, 1.165) is 42.8 Å². The molecule has 0 radical (unpaired) electrons. The zero-order chi connectivity index (χ0) is 28.9. The van der Waals surface area contributed by atoms with E-state index in [1.807, 2.05) is 25.1 Å². The molecular formula is C32H39ClN2O5S. The summed E-state index contributed by atoms with van der Waals surface area (Å²) >= 11 is 6.38. The number of benzene rings is 2. The SMILES string of the molecule is C[C@@H]1C/C=C\[C@H](O)[C@@H]2CC[C@H]2CN2C[C@@]3(CCCc4cc(Cl)ccc43)COc3ccc(cc32)C(=O)NS(=O)(=O)[C@H]1C. The molecule has 9 heteroatoms. The highest BCUT2D eigenvalue weighted by Gasteiger charge is 2.44. The molecule has 7 nitrogen and oxygen atoms in total. The van der Waals surface area contributed by atoms with Crippen molar-refractivity contribution < 1.29 is 23.1 Å². The van der Waals surface area contributed by atoms with E-state index in [2.05, 4.69) is 21.8 Å². The molecule has 1 amide bonds. The van der Waals surface area contributed by atoms with E-state index in [-0.39, 0.29) is 28.7 Å². The van der Waals surface area contributed by atoms with Crippen LogP contribution in [0.25, 0.3) is 0 Å². The molecule has 2 N–H and O–H groups in total. The normalized spacial score (nSPS) is 33.8. The van der Waals surface area contributed by atoms with Gasteiger partial charge in [-0.15, -0.1) is 0 Å². The largest absolute Gasteiger partial charge is 0.490 e. The van der Waals surface area contributed by atoms with Crippen LogP contribution in [0.2, 0.25) is 5.02 Å². The Hall–Kier alpha value is -2.55. The number of anilines is 1. The molecule has 6 atom stereocenters. The molecule has 1 fully saturated rings. The highest BCUT2D eigenvalue weighted by molar-refractivity contribution is 7.90. The molecule has 1 spiro atoms. The van der Waals surface area contributed by atoms with E-state index >= 15 is 0 Å². The van der Waals surface area contributed by atoms with Gasteiger partial charge >= 0.3 is 0 Å². The van der Waals surface area contributed by atoms with Gasteiger partial charge in [0.1, 0.15) is 5.75 Å². The molecule has 1 saturated carbocycles. The number of carbonyl (C=O) groups is 1. The molecule has 2 heterocycles. The lowest BCUT2D eigenvalue weighted by molar-refractivity contribution is 0.0456. The van der Waals surface area contributed by atoms with Crippen LogP contribution in [-0.2, 0) is 21.9 Å². The summed E-state index contributed by atoms with van der Waals surface area (Å²) in [5, 5.41) is 11.1. The molecule has 2 aliphatic carbocycles. The van der Waals surface area contributed by atoms with Gasteiger partial charge in [0.15, 0.2) is 0 Å². The van der Waals surface area contributed by atoms with Gasteiger partial charge < -0.3 is 14.7 Å². The molecule has 0 unspecified atom stereocenters. The van der Waals surface area contributed by atoms with E-state index in [4.69, 9.17) is 16.3 Å². The Kier molecular flexibility index (Phi) is 7.62. The van der Waals surface area contributed by atoms with Crippen LogP contribution in [0.15, 0.2) is 48.6 Å². The molecule has 0 aromatic heterocycles. The van der Waals surface area contributed by atoms with Crippen LogP contribution in [0.5, 0.6) is 5.75 Å². The summed E-state index contributed by atoms with van der Waals surface area (Å²) in [5.41, 5.74) is 3.33. The summed E-state index contributed by atoms with van der Waals surface area (Å²) in [4.78, 5) is 15.6. The van der Waals surface area contributed by atoms with Crippen LogP contribution < -0.4 is 14.4 Å². The van der Waals surface area contributed by atoms with Gasteiger partial charge in [-0.3, -0.25) is 4.79 Å². The van der Waals surface area contributed by atoms with E-state index in [0.29, 0.717) is 31.9 Å². The van der Waals surface area contributed by atoms with Gasteiger partial charge in [0.2, 0.25) is 10.0 Å². The molecule has 2 aromatic rings. The number of hydrogen-bond donors (Lipinski definition) is 2. The standard InChI is InChI=1S/C32H39ClN2O5S/c1-20-5-3-7-29(36)26-11-8-24(26)17-35-18-32(14-4-6-22-15-25(33)10-12-27(22)32)19-40-30-13-9-23(16-28(30)35)31(37)34-41(38,39)21(20)2/h3,7,9-10,12-13,15-16,20-21,24,26,29,36H,4-6,8,11,14,17-19H2,1-2H3,(H,34,37)/b7-3-/t20-,21+,24+,26-,29+,32+/m1/s1. The maximum Gasteiger partial charge on any atom is 0.264 e. The smallest absolute Gasteiger partial charge is 0.264 e. The number of sulfonamides is 1. The van der Waals surface area contributed by atoms with Gasteiger partial charge in [0.25, 0.3) is 5.91 Å². The highest BCUT2D eigenvalue weighted by atomic mass is 35.5. The third-order valence-electron chi connectivity index (χ3n) is 10.0. The number of halogens is 1. The van der Waals surface area contributed by atoms with Gasteiger partial charge in [0.05, 0.1) is 23.6 Å². The van der Waals surface area contributed by atoms with Gasteiger partial charge in [-0.2, -0.15) is 0 Å². The van der Waals surface area contributed by atoms with Gasteiger partial charge in [-0.25, -0.2) is 13.1 Å². The quantitative estimate of drug-likeness (QED) is 0.403. The minimum atomic E-state index is -3.91. The number of nitrogens with zero attached hydrogens (tertiary/aromatic N) is 1. The van der Waals surface area contributed by atoms with Crippen LogP contribution in [0.1, 0.15) is 67.4 Å². The molecule has 220 valence electrons. The fraction of sp³-hybridized carbons (Fsp3) is 0.531. The zero-order valence-corrected chi connectivity index (χ0v) is 25.3.